The van der Waals surface area contributed by atoms with Crippen LogP contribution in [-0.4, -0.2) is 40.0 Å². The Hall–Kier alpha value is -1.97. The van der Waals surface area contributed by atoms with Crippen LogP contribution in [0.15, 0.2) is 12.3 Å². The number of hydrogen-bond acceptors (Lipinski definition) is 6. The Morgan fingerprint density at radius 1 is 1.62 bits per heavy atom. The van der Waals surface area contributed by atoms with E-state index in [0.717, 1.165) is 16.9 Å². The molecule has 0 radical (unpaired) electrons. The Morgan fingerprint density at radius 2 is 2.25 bits per heavy atom. The molecule has 0 fully saturated rings. The molecule has 0 saturated carbocycles. The first-order valence-electron chi connectivity index (χ1n) is 3.90. The molecular weight excluding hydrogens is 242 g/mol. The van der Waals surface area contributed by atoms with Crippen molar-refractivity contribution in [2.75, 3.05) is 5.75 Å². The highest BCUT2D eigenvalue weighted by Crippen LogP contribution is 2.06. The fraction of sp³-hybridized carbons (Fsp3) is 0.333. The van der Waals surface area contributed by atoms with E-state index in [-0.39, 0.29) is 0 Å². The Bertz CT molecular complexity index is 518. The van der Waals surface area contributed by atoms with Crippen LogP contribution in [0.25, 0.3) is 0 Å². The fourth-order valence-electron chi connectivity index (χ4n) is 0.956. The summed E-state index contributed by atoms with van der Waals surface area (Å²) in [7, 11) is -3.87. The second-order valence-electron chi connectivity index (χ2n) is 2.88. The summed E-state index contributed by atoms with van der Waals surface area (Å²) in [5, 5.41) is 21.9. The fourth-order valence-corrected chi connectivity index (χ4v) is 1.97. The van der Waals surface area contributed by atoms with Gasteiger partial charge in [-0.05, 0) is 4.92 Å². The zero-order chi connectivity index (χ0) is 12.3. The number of aromatic nitrogens is 2. The van der Waals surface area contributed by atoms with Gasteiger partial charge in [-0.3, -0.25) is 4.79 Å². The van der Waals surface area contributed by atoms with Crippen LogP contribution in [0.2, 0.25) is 0 Å². The van der Waals surface area contributed by atoms with Crippen molar-refractivity contribution in [1.82, 2.24) is 9.78 Å². The van der Waals surface area contributed by atoms with Crippen molar-refractivity contribution in [3.8, 4) is 0 Å². The highest BCUT2D eigenvalue weighted by atomic mass is 32.2. The van der Waals surface area contributed by atoms with Gasteiger partial charge in [0.05, 0.1) is 17.4 Å². The second-order valence-corrected chi connectivity index (χ2v) is 4.92. The lowest BCUT2D eigenvalue weighted by Gasteiger charge is -1.97. The molecule has 0 saturated heterocycles. The van der Waals surface area contributed by atoms with E-state index in [1.54, 1.807) is 0 Å². The van der Waals surface area contributed by atoms with Crippen LogP contribution >= 0.6 is 0 Å². The third-order valence-corrected chi connectivity index (χ3v) is 2.83. The Labute approximate surface area is 89.4 Å². The predicted octanol–water partition coefficient (Wildman–Crippen LogP) is -0.752. The van der Waals surface area contributed by atoms with Crippen LogP contribution in [-0.2, 0) is 20.5 Å². The number of aliphatic carboxylic acids is 1. The highest BCUT2D eigenvalue weighted by Gasteiger charge is 2.20. The lowest BCUT2D eigenvalue weighted by molar-refractivity contribution is -0.389. The largest absolute Gasteiger partial charge is 0.480 e. The summed E-state index contributed by atoms with van der Waals surface area (Å²) < 4.78 is 23.2. The van der Waals surface area contributed by atoms with E-state index in [1.165, 1.54) is 0 Å². The minimum absolute atomic E-state index is 0.495. The van der Waals surface area contributed by atoms with Crippen molar-refractivity contribution >= 4 is 21.6 Å². The number of hydrogen-bond donors (Lipinski definition) is 1. The van der Waals surface area contributed by atoms with Crippen LogP contribution in [0.4, 0.5) is 5.82 Å². The van der Waals surface area contributed by atoms with Gasteiger partial charge in [0.15, 0.2) is 15.7 Å². The van der Waals surface area contributed by atoms with Crippen molar-refractivity contribution < 1.29 is 23.2 Å². The van der Waals surface area contributed by atoms with Gasteiger partial charge in [0.2, 0.25) is 0 Å². The molecule has 0 spiro atoms. The molecule has 88 valence electrons. The van der Waals surface area contributed by atoms with Crippen molar-refractivity contribution in [3.63, 3.8) is 0 Å². The topological polar surface area (TPSA) is 132 Å². The smallest absolute Gasteiger partial charge is 0.389 e. The Balaban J connectivity index is 2.80. The van der Waals surface area contributed by atoms with Gasteiger partial charge in [-0.25, -0.2) is 8.42 Å². The number of carboxylic acid groups (broad SMARTS) is 1. The van der Waals surface area contributed by atoms with Crippen molar-refractivity contribution in [2.24, 2.45) is 0 Å². The van der Waals surface area contributed by atoms with Crippen LogP contribution in [0.5, 0.6) is 0 Å². The minimum atomic E-state index is -3.87. The first-order valence-corrected chi connectivity index (χ1v) is 5.72. The maximum Gasteiger partial charge on any atom is 0.389 e. The van der Waals surface area contributed by atoms with Crippen molar-refractivity contribution in [1.29, 1.82) is 0 Å². The van der Waals surface area contributed by atoms with Crippen LogP contribution < -0.4 is 0 Å². The predicted molar refractivity (Wildman–Crippen MR) is 50.3 cm³/mol. The standard InChI is InChI=1S/C6H7N3O6S/c10-6(11)3-16(14,15)4-8-2-1-5(7-8)9(12)13/h1-2H,3-4H2,(H,10,11). The maximum atomic E-state index is 11.2. The molecule has 0 aliphatic heterocycles. The number of rotatable bonds is 5. The van der Waals surface area contributed by atoms with E-state index in [9.17, 15) is 23.3 Å². The molecule has 1 heterocycles. The first kappa shape index (κ1) is 12.1. The van der Waals surface area contributed by atoms with Crippen LogP contribution in [0.1, 0.15) is 0 Å². The summed E-state index contributed by atoms with van der Waals surface area (Å²) in [6.45, 7) is 0. The minimum Gasteiger partial charge on any atom is -0.480 e. The summed E-state index contributed by atoms with van der Waals surface area (Å²) in [5.74, 6) is -3.72. The zero-order valence-corrected chi connectivity index (χ0v) is 8.62. The number of nitro groups is 1. The molecule has 10 heteroatoms. The molecule has 0 unspecified atom stereocenters. The summed E-state index contributed by atoms with van der Waals surface area (Å²) in [5.41, 5.74) is 0. The molecule has 0 aliphatic rings. The van der Waals surface area contributed by atoms with Gasteiger partial charge in [-0.1, -0.05) is 0 Å². The molecule has 1 aromatic heterocycles. The number of sulfone groups is 1. The number of nitrogens with zero attached hydrogens (tertiary/aromatic N) is 3. The third-order valence-electron chi connectivity index (χ3n) is 1.49. The third kappa shape index (κ3) is 3.31. The highest BCUT2D eigenvalue weighted by molar-refractivity contribution is 7.91. The number of carboxylic acids is 1. The molecule has 1 aromatic rings. The van der Waals surface area contributed by atoms with Gasteiger partial charge >= 0.3 is 11.8 Å². The zero-order valence-electron chi connectivity index (χ0n) is 7.81. The van der Waals surface area contributed by atoms with Gasteiger partial charge in [-0.2, -0.15) is 4.68 Å². The summed E-state index contributed by atoms with van der Waals surface area (Å²) >= 11 is 0. The van der Waals surface area contributed by atoms with Crippen LogP contribution in [0.3, 0.4) is 0 Å². The Kier molecular flexibility index (Phi) is 3.22. The maximum absolute atomic E-state index is 11.2. The van der Waals surface area contributed by atoms with E-state index < -0.39 is 38.2 Å². The van der Waals surface area contributed by atoms with E-state index in [0.29, 0.717) is 0 Å². The van der Waals surface area contributed by atoms with Gasteiger partial charge in [0.1, 0.15) is 5.75 Å². The van der Waals surface area contributed by atoms with Gasteiger partial charge < -0.3 is 15.2 Å². The lowest BCUT2D eigenvalue weighted by atomic mass is 10.7. The van der Waals surface area contributed by atoms with Gasteiger partial charge in [-0.15, -0.1) is 0 Å². The van der Waals surface area contributed by atoms with E-state index in [1.807, 2.05) is 0 Å². The normalized spacial score (nSPS) is 11.2. The second kappa shape index (κ2) is 4.26. The molecule has 0 aliphatic carbocycles. The first-order chi connectivity index (χ1) is 7.30. The molecular formula is C6H7N3O6S. The summed E-state index contributed by atoms with van der Waals surface area (Å²) in [4.78, 5) is 19.7. The average Bonchev–Trinajstić information content (AvgIpc) is 2.48. The van der Waals surface area contributed by atoms with Crippen molar-refractivity contribution in [2.45, 2.75) is 5.88 Å². The van der Waals surface area contributed by atoms with E-state index in [2.05, 4.69) is 5.10 Å². The lowest BCUT2D eigenvalue weighted by Crippen LogP contribution is -2.20. The molecule has 9 nitrogen and oxygen atoms in total. The molecule has 0 atom stereocenters. The quantitative estimate of drug-likeness (QED) is 0.536. The molecule has 0 aromatic carbocycles. The summed E-state index contributed by atoms with van der Waals surface area (Å²) in [6.07, 6.45) is 1.09. The SMILES string of the molecule is O=C(O)CS(=O)(=O)Cn1ccc([N+](=O)[O-])n1. The number of carbonyl (C=O) groups is 1. The molecule has 16 heavy (non-hydrogen) atoms. The van der Waals surface area contributed by atoms with E-state index in [4.69, 9.17) is 5.11 Å². The summed E-state index contributed by atoms with van der Waals surface area (Å²) in [6, 6.07) is 1.02. The van der Waals surface area contributed by atoms with Crippen molar-refractivity contribution in [3.05, 3.63) is 22.4 Å². The van der Waals surface area contributed by atoms with E-state index >= 15 is 0 Å². The molecule has 1 N–H and O–H groups in total. The average molecular weight is 249 g/mol. The van der Waals surface area contributed by atoms with Crippen LogP contribution in [0, 0.1) is 10.1 Å². The molecule has 1 rings (SSSR count). The molecule has 0 bridgehead atoms. The molecule has 0 amide bonds. The monoisotopic (exact) mass is 249 g/mol. The van der Waals surface area contributed by atoms with Gasteiger partial charge in [0, 0.05) is 0 Å². The Morgan fingerprint density at radius 3 is 2.69 bits per heavy atom. The van der Waals surface area contributed by atoms with Gasteiger partial charge in [0.25, 0.3) is 0 Å².